The van der Waals surface area contributed by atoms with Crippen molar-refractivity contribution in [3.8, 4) is 22.4 Å². The second kappa shape index (κ2) is 5.37. The number of nitrogens with zero attached hydrogens (tertiary/aromatic N) is 1. The molecule has 0 spiro atoms. The molecule has 0 saturated heterocycles. The topological polar surface area (TPSA) is 52.0 Å². The van der Waals surface area contributed by atoms with E-state index in [0.29, 0.717) is 5.88 Å². The van der Waals surface area contributed by atoms with E-state index in [1.807, 2.05) is 37.3 Å². The number of nitrogens with two attached hydrogens (primary N) is 1. The molecule has 0 atom stereocenters. The van der Waals surface area contributed by atoms with Crippen LogP contribution in [0.1, 0.15) is 11.1 Å². The fraction of sp³-hybridized carbons (Fsp3) is 0.118. The average Bonchev–Trinajstić information content (AvgIpc) is 2.85. The fourth-order valence-electron chi connectivity index (χ4n) is 2.35. The molecule has 3 nitrogen and oxygen atoms in total. The monoisotopic (exact) mass is 342 g/mol. The second-order valence-corrected chi connectivity index (χ2v) is 5.90. The van der Waals surface area contributed by atoms with E-state index >= 15 is 0 Å². The Labute approximate surface area is 131 Å². The third kappa shape index (κ3) is 2.47. The lowest BCUT2D eigenvalue weighted by Gasteiger charge is -2.07. The highest BCUT2D eigenvalue weighted by Gasteiger charge is 2.19. The maximum absolute atomic E-state index is 6.00. The van der Waals surface area contributed by atoms with Gasteiger partial charge in [-0.1, -0.05) is 63.0 Å². The van der Waals surface area contributed by atoms with Gasteiger partial charge in [0.05, 0.1) is 5.56 Å². The summed E-state index contributed by atoms with van der Waals surface area (Å²) in [4.78, 5) is 0. The summed E-state index contributed by atoms with van der Waals surface area (Å²) in [5.74, 6) is 0.341. The highest BCUT2D eigenvalue weighted by Crippen LogP contribution is 2.38. The maximum Gasteiger partial charge on any atom is 0.230 e. The Bertz CT molecular complexity index is 791. The van der Waals surface area contributed by atoms with Gasteiger partial charge < -0.3 is 10.3 Å². The highest BCUT2D eigenvalue weighted by atomic mass is 79.9. The molecule has 0 unspecified atom stereocenters. The van der Waals surface area contributed by atoms with Crippen molar-refractivity contribution in [3.05, 3.63) is 58.1 Å². The van der Waals surface area contributed by atoms with Crippen molar-refractivity contribution in [1.29, 1.82) is 0 Å². The number of aromatic nitrogens is 1. The molecule has 4 heteroatoms. The van der Waals surface area contributed by atoms with E-state index in [1.54, 1.807) is 0 Å². The zero-order chi connectivity index (χ0) is 15.0. The standard InChI is InChI=1S/C17H15BrN2O/c1-10-6-8-12(9-7-10)15-16(20-21-17(15)19)13-4-3-5-14(18)11(13)2/h3-9H,19H2,1-2H3. The lowest BCUT2D eigenvalue weighted by atomic mass is 9.97. The van der Waals surface area contributed by atoms with Crippen LogP contribution < -0.4 is 5.73 Å². The predicted molar refractivity (Wildman–Crippen MR) is 89.0 cm³/mol. The Balaban J connectivity index is 2.22. The van der Waals surface area contributed by atoms with E-state index in [0.717, 1.165) is 32.4 Å². The molecule has 2 aromatic carbocycles. The molecule has 0 aliphatic heterocycles. The van der Waals surface area contributed by atoms with Crippen LogP contribution in [0.2, 0.25) is 0 Å². The Morgan fingerprint density at radius 3 is 2.48 bits per heavy atom. The van der Waals surface area contributed by atoms with Crippen molar-refractivity contribution in [2.24, 2.45) is 0 Å². The Hall–Kier alpha value is -2.07. The molecule has 1 heterocycles. The quantitative estimate of drug-likeness (QED) is 0.715. The van der Waals surface area contributed by atoms with Gasteiger partial charge >= 0.3 is 0 Å². The minimum Gasteiger partial charge on any atom is -0.367 e. The van der Waals surface area contributed by atoms with Gasteiger partial charge in [-0.25, -0.2) is 0 Å². The van der Waals surface area contributed by atoms with Gasteiger partial charge in [0.15, 0.2) is 0 Å². The van der Waals surface area contributed by atoms with Crippen LogP contribution in [0.25, 0.3) is 22.4 Å². The zero-order valence-electron chi connectivity index (χ0n) is 11.9. The van der Waals surface area contributed by atoms with Gasteiger partial charge in [-0.2, -0.15) is 0 Å². The summed E-state index contributed by atoms with van der Waals surface area (Å²) in [5, 5.41) is 4.17. The van der Waals surface area contributed by atoms with Crippen LogP contribution in [0.15, 0.2) is 51.5 Å². The van der Waals surface area contributed by atoms with Gasteiger partial charge in [0.25, 0.3) is 0 Å². The largest absolute Gasteiger partial charge is 0.367 e. The molecule has 0 saturated carbocycles. The van der Waals surface area contributed by atoms with E-state index in [4.69, 9.17) is 10.3 Å². The lowest BCUT2D eigenvalue weighted by molar-refractivity contribution is 0.439. The second-order valence-electron chi connectivity index (χ2n) is 5.05. The minimum atomic E-state index is 0.341. The third-order valence-electron chi connectivity index (χ3n) is 3.58. The number of benzene rings is 2. The van der Waals surface area contributed by atoms with Crippen molar-refractivity contribution >= 4 is 21.8 Å². The maximum atomic E-state index is 6.00. The summed E-state index contributed by atoms with van der Waals surface area (Å²) in [5.41, 5.74) is 11.9. The van der Waals surface area contributed by atoms with Gasteiger partial charge in [0.1, 0.15) is 5.69 Å². The van der Waals surface area contributed by atoms with Gasteiger partial charge in [0, 0.05) is 10.0 Å². The lowest BCUT2D eigenvalue weighted by Crippen LogP contribution is -1.90. The van der Waals surface area contributed by atoms with Crippen LogP contribution in [0.3, 0.4) is 0 Å². The van der Waals surface area contributed by atoms with Crippen molar-refractivity contribution in [3.63, 3.8) is 0 Å². The molecule has 2 N–H and O–H groups in total. The molecule has 0 radical (unpaired) electrons. The first-order chi connectivity index (χ1) is 10.1. The van der Waals surface area contributed by atoms with E-state index in [2.05, 4.69) is 40.1 Å². The number of rotatable bonds is 2. The van der Waals surface area contributed by atoms with Gasteiger partial charge in [-0.3, -0.25) is 0 Å². The third-order valence-corrected chi connectivity index (χ3v) is 4.44. The molecule has 0 aliphatic carbocycles. The Kier molecular flexibility index (Phi) is 3.55. The first kappa shape index (κ1) is 13.9. The molecule has 21 heavy (non-hydrogen) atoms. The number of hydrogen-bond acceptors (Lipinski definition) is 3. The summed E-state index contributed by atoms with van der Waals surface area (Å²) in [6, 6.07) is 14.2. The summed E-state index contributed by atoms with van der Waals surface area (Å²) < 4.78 is 6.28. The minimum absolute atomic E-state index is 0.341. The van der Waals surface area contributed by atoms with Crippen LogP contribution in [-0.4, -0.2) is 5.16 Å². The summed E-state index contributed by atoms with van der Waals surface area (Å²) in [7, 11) is 0. The zero-order valence-corrected chi connectivity index (χ0v) is 13.4. The molecule has 106 valence electrons. The van der Waals surface area contributed by atoms with Crippen LogP contribution in [0.4, 0.5) is 5.88 Å². The van der Waals surface area contributed by atoms with E-state index < -0.39 is 0 Å². The number of anilines is 1. The van der Waals surface area contributed by atoms with Crippen LogP contribution in [0.5, 0.6) is 0 Å². The van der Waals surface area contributed by atoms with Crippen LogP contribution >= 0.6 is 15.9 Å². The van der Waals surface area contributed by atoms with Crippen molar-refractivity contribution in [1.82, 2.24) is 5.16 Å². The molecule has 0 aliphatic rings. The summed E-state index contributed by atoms with van der Waals surface area (Å²) in [6.07, 6.45) is 0. The van der Waals surface area contributed by atoms with Gasteiger partial charge in [-0.15, -0.1) is 0 Å². The Morgan fingerprint density at radius 2 is 1.76 bits per heavy atom. The fourth-order valence-corrected chi connectivity index (χ4v) is 2.72. The number of aryl methyl sites for hydroxylation is 1. The van der Waals surface area contributed by atoms with E-state index in [1.165, 1.54) is 5.56 Å². The molecule has 0 amide bonds. The number of nitrogen functional groups attached to an aromatic ring is 1. The van der Waals surface area contributed by atoms with Gasteiger partial charge in [0.2, 0.25) is 5.88 Å². The molecule has 3 rings (SSSR count). The molecular weight excluding hydrogens is 328 g/mol. The average molecular weight is 343 g/mol. The first-order valence-corrected chi connectivity index (χ1v) is 7.45. The van der Waals surface area contributed by atoms with E-state index in [-0.39, 0.29) is 0 Å². The molecular formula is C17H15BrN2O. The number of halogens is 1. The van der Waals surface area contributed by atoms with Gasteiger partial charge in [-0.05, 0) is 31.0 Å². The van der Waals surface area contributed by atoms with Crippen LogP contribution in [0, 0.1) is 13.8 Å². The Morgan fingerprint density at radius 1 is 1.05 bits per heavy atom. The SMILES string of the molecule is Cc1ccc(-c2c(-c3cccc(Br)c3C)noc2N)cc1. The molecule has 3 aromatic rings. The smallest absolute Gasteiger partial charge is 0.230 e. The highest BCUT2D eigenvalue weighted by molar-refractivity contribution is 9.10. The molecule has 0 fully saturated rings. The predicted octanol–water partition coefficient (Wildman–Crippen LogP) is 4.97. The van der Waals surface area contributed by atoms with Crippen molar-refractivity contribution in [2.45, 2.75) is 13.8 Å². The van der Waals surface area contributed by atoms with E-state index in [9.17, 15) is 0 Å². The number of hydrogen-bond donors (Lipinski definition) is 1. The van der Waals surface area contributed by atoms with Crippen molar-refractivity contribution < 1.29 is 4.52 Å². The molecule has 0 bridgehead atoms. The normalized spacial score (nSPS) is 10.8. The molecule has 1 aromatic heterocycles. The first-order valence-electron chi connectivity index (χ1n) is 6.65. The summed E-state index contributed by atoms with van der Waals surface area (Å²) >= 11 is 3.55. The van der Waals surface area contributed by atoms with Crippen molar-refractivity contribution in [2.75, 3.05) is 5.73 Å². The van der Waals surface area contributed by atoms with Crippen LogP contribution in [-0.2, 0) is 0 Å². The summed E-state index contributed by atoms with van der Waals surface area (Å²) in [6.45, 7) is 4.10.